The molecule has 2 heteroatoms. The fraction of sp³-hybridized carbons (Fsp3) is 0.862. The Morgan fingerprint density at radius 2 is 1.48 bits per heavy atom. The molecule has 0 aromatic heterocycles. The van der Waals surface area contributed by atoms with E-state index in [0.29, 0.717) is 34.7 Å². The van der Waals surface area contributed by atoms with Crippen LogP contribution in [0.4, 0.5) is 0 Å². The minimum atomic E-state index is -0.184. The van der Waals surface area contributed by atoms with Gasteiger partial charge in [0.15, 0.2) is 0 Å². The molecule has 4 saturated carbocycles. The smallest absolute Gasteiger partial charge is 0.138 e. The van der Waals surface area contributed by atoms with Crippen molar-refractivity contribution in [2.45, 2.75) is 106 Å². The van der Waals surface area contributed by atoms with Crippen molar-refractivity contribution >= 4 is 11.6 Å². The average Bonchev–Trinajstić information content (AvgIpc) is 2.84. The zero-order chi connectivity index (χ0) is 22.4. The summed E-state index contributed by atoms with van der Waals surface area (Å²) >= 11 is 0. The van der Waals surface area contributed by atoms with Crippen LogP contribution in [0.1, 0.15) is 106 Å². The van der Waals surface area contributed by atoms with Crippen LogP contribution in [0.5, 0.6) is 0 Å². The van der Waals surface area contributed by atoms with Gasteiger partial charge in [0.25, 0.3) is 0 Å². The molecule has 4 fully saturated rings. The van der Waals surface area contributed by atoms with Crippen molar-refractivity contribution in [3.05, 3.63) is 11.6 Å². The lowest BCUT2D eigenvalue weighted by Gasteiger charge is -2.56. The highest BCUT2D eigenvalue weighted by Gasteiger charge is 2.59. The maximum Gasteiger partial charge on any atom is 0.138 e. The van der Waals surface area contributed by atoms with Gasteiger partial charge in [-0.1, -0.05) is 53.2 Å². The van der Waals surface area contributed by atoms with Crippen molar-refractivity contribution in [3.63, 3.8) is 0 Å². The Hall–Kier alpha value is -0.920. The molecule has 0 aromatic rings. The fourth-order valence-corrected chi connectivity index (χ4v) is 9.83. The van der Waals surface area contributed by atoms with Crippen LogP contribution in [-0.2, 0) is 9.59 Å². The Labute approximate surface area is 190 Å². The second-order valence-corrected chi connectivity index (χ2v) is 13.8. The van der Waals surface area contributed by atoms with Crippen LogP contribution in [0.25, 0.3) is 0 Å². The molecule has 0 unspecified atom stereocenters. The van der Waals surface area contributed by atoms with Gasteiger partial charge < -0.3 is 0 Å². The molecule has 0 saturated heterocycles. The molecule has 5 aliphatic rings. The molecule has 172 valence electrons. The maximum atomic E-state index is 12.8. The van der Waals surface area contributed by atoms with Crippen molar-refractivity contribution in [3.8, 4) is 0 Å². The molecular formula is C29H44O2. The number of carbonyl (C=O) groups is 2. The van der Waals surface area contributed by atoms with Crippen LogP contribution >= 0.6 is 0 Å². The minimum absolute atomic E-state index is 0.132. The van der Waals surface area contributed by atoms with E-state index in [9.17, 15) is 9.59 Å². The van der Waals surface area contributed by atoms with E-state index in [1.54, 1.807) is 5.57 Å². The summed E-state index contributed by atoms with van der Waals surface area (Å²) < 4.78 is 0. The Morgan fingerprint density at radius 3 is 2.23 bits per heavy atom. The molecular weight excluding hydrogens is 380 g/mol. The SMILES string of the molecule is CC1(C)C(=O)CC[C@@H]2[C@H]3CC[C@H]4C(=CC[C@H]5C(C)(C)C(=O)CC[C@]45C)C[C@]3(C)CC[C@@H]21. The molecule has 0 bridgehead atoms. The van der Waals surface area contributed by atoms with Gasteiger partial charge in [0, 0.05) is 23.7 Å². The number of hydrogen-bond donors (Lipinski definition) is 0. The third-order valence-electron chi connectivity index (χ3n) is 11.8. The molecule has 5 rings (SSSR count). The third kappa shape index (κ3) is 2.95. The average molecular weight is 425 g/mol. The number of carbonyl (C=O) groups excluding carboxylic acids is 2. The first-order valence-electron chi connectivity index (χ1n) is 13.2. The van der Waals surface area contributed by atoms with Gasteiger partial charge in [0.1, 0.15) is 11.6 Å². The molecule has 7 atom stereocenters. The largest absolute Gasteiger partial charge is 0.299 e. The molecule has 5 aliphatic carbocycles. The molecule has 0 spiro atoms. The van der Waals surface area contributed by atoms with Gasteiger partial charge in [-0.15, -0.1) is 0 Å². The van der Waals surface area contributed by atoms with Crippen LogP contribution in [0, 0.1) is 51.2 Å². The lowest BCUT2D eigenvalue weighted by Crippen LogP contribution is -2.52. The van der Waals surface area contributed by atoms with Crippen molar-refractivity contribution < 1.29 is 9.59 Å². The first-order chi connectivity index (χ1) is 14.4. The highest BCUT2D eigenvalue weighted by molar-refractivity contribution is 5.86. The summed E-state index contributed by atoms with van der Waals surface area (Å²) in [7, 11) is 0. The Bertz CT molecular complexity index is 832. The molecule has 31 heavy (non-hydrogen) atoms. The summed E-state index contributed by atoms with van der Waals surface area (Å²) in [6.45, 7) is 14.0. The number of Topliss-reactive ketones (excluding diaryl/α,β-unsaturated/α-hetero) is 2. The minimum Gasteiger partial charge on any atom is -0.299 e. The van der Waals surface area contributed by atoms with Gasteiger partial charge in [-0.25, -0.2) is 0 Å². The molecule has 0 amide bonds. The van der Waals surface area contributed by atoms with Crippen LogP contribution in [0.3, 0.4) is 0 Å². The number of allylic oxidation sites excluding steroid dienone is 2. The van der Waals surface area contributed by atoms with E-state index in [4.69, 9.17) is 0 Å². The standard InChI is InChI=1S/C29H44O2/c1-26(2)21-13-15-28(5)17-18-7-11-23-27(3,4)25(31)14-16-29(23,6)20(18)9-10-22(28)19(21)8-12-24(26)30/h7,19-23H,8-17H2,1-6H3/t19-,20-,21-,22+,23-,28-,29+/m0/s1. The number of fused-ring (bicyclic) bond motifs is 6. The van der Waals surface area contributed by atoms with E-state index < -0.39 is 0 Å². The second kappa shape index (κ2) is 6.80. The number of hydrogen-bond acceptors (Lipinski definition) is 2. The highest BCUT2D eigenvalue weighted by Crippen LogP contribution is 2.66. The van der Waals surface area contributed by atoms with Crippen LogP contribution in [0.15, 0.2) is 11.6 Å². The van der Waals surface area contributed by atoms with E-state index in [2.05, 4.69) is 47.6 Å². The number of ketones is 2. The maximum absolute atomic E-state index is 12.8. The topological polar surface area (TPSA) is 34.1 Å². The van der Waals surface area contributed by atoms with Gasteiger partial charge in [-0.05, 0) is 91.8 Å². The monoisotopic (exact) mass is 424 g/mol. The Morgan fingerprint density at radius 1 is 0.774 bits per heavy atom. The summed E-state index contributed by atoms with van der Waals surface area (Å²) in [4.78, 5) is 25.5. The van der Waals surface area contributed by atoms with Gasteiger partial charge in [-0.2, -0.15) is 0 Å². The van der Waals surface area contributed by atoms with Gasteiger partial charge >= 0.3 is 0 Å². The summed E-state index contributed by atoms with van der Waals surface area (Å²) in [5.74, 6) is 4.19. The summed E-state index contributed by atoms with van der Waals surface area (Å²) in [6.07, 6.45) is 13.8. The van der Waals surface area contributed by atoms with Crippen molar-refractivity contribution in [2.24, 2.45) is 51.2 Å². The first kappa shape index (κ1) is 21.9. The third-order valence-corrected chi connectivity index (χ3v) is 11.8. The Kier molecular flexibility index (Phi) is 4.80. The molecule has 0 radical (unpaired) electrons. The predicted octanol–water partition coefficient (Wildman–Crippen LogP) is 7.17. The van der Waals surface area contributed by atoms with E-state index in [1.807, 2.05) is 0 Å². The normalized spacial score (nSPS) is 48.5. The quantitative estimate of drug-likeness (QED) is 0.386. The van der Waals surface area contributed by atoms with E-state index >= 15 is 0 Å². The van der Waals surface area contributed by atoms with Gasteiger partial charge in [0.05, 0.1) is 0 Å². The van der Waals surface area contributed by atoms with Crippen molar-refractivity contribution in [1.29, 1.82) is 0 Å². The molecule has 0 N–H and O–H groups in total. The lowest BCUT2D eigenvalue weighted by molar-refractivity contribution is -0.144. The van der Waals surface area contributed by atoms with Crippen molar-refractivity contribution in [1.82, 2.24) is 0 Å². The second-order valence-electron chi connectivity index (χ2n) is 13.8. The summed E-state index contributed by atoms with van der Waals surface area (Å²) in [5.41, 5.74) is 2.08. The van der Waals surface area contributed by atoms with Crippen LogP contribution < -0.4 is 0 Å². The predicted molar refractivity (Wildman–Crippen MR) is 125 cm³/mol. The van der Waals surface area contributed by atoms with Crippen LogP contribution in [-0.4, -0.2) is 11.6 Å². The lowest BCUT2D eigenvalue weighted by atomic mass is 9.47. The molecule has 0 aromatic carbocycles. The highest BCUT2D eigenvalue weighted by atomic mass is 16.1. The molecule has 0 aliphatic heterocycles. The number of rotatable bonds is 0. The van der Waals surface area contributed by atoms with Crippen molar-refractivity contribution in [2.75, 3.05) is 0 Å². The van der Waals surface area contributed by atoms with Crippen LogP contribution in [0.2, 0.25) is 0 Å². The molecule has 2 nitrogen and oxygen atoms in total. The fourth-order valence-electron chi connectivity index (χ4n) is 9.83. The molecule has 0 heterocycles. The zero-order valence-electron chi connectivity index (χ0n) is 20.9. The van der Waals surface area contributed by atoms with Gasteiger partial charge in [-0.3, -0.25) is 9.59 Å². The summed E-state index contributed by atoms with van der Waals surface area (Å²) in [6, 6.07) is 0. The van der Waals surface area contributed by atoms with E-state index in [1.165, 1.54) is 32.1 Å². The summed E-state index contributed by atoms with van der Waals surface area (Å²) in [5, 5.41) is 0. The Balaban J connectivity index is 1.48. The zero-order valence-corrected chi connectivity index (χ0v) is 20.9. The van der Waals surface area contributed by atoms with Gasteiger partial charge in [0.2, 0.25) is 0 Å². The van der Waals surface area contributed by atoms with E-state index in [0.717, 1.165) is 43.9 Å². The van der Waals surface area contributed by atoms with E-state index in [-0.39, 0.29) is 16.2 Å². The first-order valence-corrected chi connectivity index (χ1v) is 13.2.